The molecule has 1 aromatic carbocycles. The van der Waals surface area contributed by atoms with Gasteiger partial charge in [-0.2, -0.15) is 13.2 Å². The topological polar surface area (TPSA) is 87.7 Å². The lowest BCUT2D eigenvalue weighted by atomic mass is 10.0. The minimum Gasteiger partial charge on any atom is -0.352 e. The van der Waals surface area contributed by atoms with E-state index in [1.165, 1.54) is 24.4 Å². The molecule has 0 bridgehead atoms. The van der Waals surface area contributed by atoms with Gasteiger partial charge in [-0.3, -0.25) is 14.6 Å². The monoisotopic (exact) mass is 480 g/mol. The van der Waals surface area contributed by atoms with Gasteiger partial charge in [-0.25, -0.2) is 4.98 Å². The van der Waals surface area contributed by atoms with E-state index in [-0.39, 0.29) is 35.5 Å². The predicted molar refractivity (Wildman–Crippen MR) is 125 cm³/mol. The Balaban J connectivity index is 1.74. The third-order valence-electron chi connectivity index (χ3n) is 5.41. The van der Waals surface area contributed by atoms with E-state index in [2.05, 4.69) is 32.1 Å². The van der Waals surface area contributed by atoms with Crippen molar-refractivity contribution >= 4 is 5.91 Å². The third kappa shape index (κ3) is 6.15. The Morgan fingerprint density at radius 1 is 1.20 bits per heavy atom. The summed E-state index contributed by atoms with van der Waals surface area (Å²) < 4.78 is 41.4. The molecule has 0 saturated heterocycles. The van der Waals surface area contributed by atoms with Gasteiger partial charge in [-0.15, -0.1) is 0 Å². The van der Waals surface area contributed by atoms with E-state index in [4.69, 9.17) is 0 Å². The zero-order valence-electron chi connectivity index (χ0n) is 19.2. The SMILES string of the molecule is CC(C)C(=O)NCc1ccc(C(F)(F)F)c(-c2nc(-c3cncc(C#CC4CC4)c3)cc(=O)[nH]2)c1. The molecule has 2 heterocycles. The van der Waals surface area contributed by atoms with Gasteiger partial charge in [0, 0.05) is 53.5 Å². The van der Waals surface area contributed by atoms with Crippen molar-refractivity contribution in [2.75, 3.05) is 0 Å². The number of pyridine rings is 1. The summed E-state index contributed by atoms with van der Waals surface area (Å²) in [5, 5.41) is 2.68. The first-order valence-corrected chi connectivity index (χ1v) is 11.2. The molecule has 1 aliphatic carbocycles. The van der Waals surface area contributed by atoms with Crippen LogP contribution in [0.3, 0.4) is 0 Å². The molecule has 1 saturated carbocycles. The number of amides is 1. The smallest absolute Gasteiger partial charge is 0.352 e. The van der Waals surface area contributed by atoms with Crippen molar-refractivity contribution in [3.63, 3.8) is 0 Å². The predicted octanol–water partition coefficient (Wildman–Crippen LogP) is 4.55. The first kappa shape index (κ1) is 24.2. The lowest BCUT2D eigenvalue weighted by Gasteiger charge is -2.15. The van der Waals surface area contributed by atoms with Crippen LogP contribution in [0, 0.1) is 23.7 Å². The van der Waals surface area contributed by atoms with Crippen molar-refractivity contribution in [1.82, 2.24) is 20.3 Å². The molecule has 4 rings (SSSR count). The number of H-pyrrole nitrogens is 1. The standard InChI is InChI=1S/C26H23F3N4O2/c1-15(2)25(35)31-13-18-7-8-21(26(27,28)29)20(10-18)24-32-22(11-23(34)33-24)19-9-17(12-30-14-19)6-5-16-3-4-16/h7-12,14-16H,3-4,13H2,1-2H3,(H,31,35)(H,32,33,34). The van der Waals surface area contributed by atoms with Crippen LogP contribution >= 0.6 is 0 Å². The fourth-order valence-corrected chi connectivity index (χ4v) is 3.33. The number of nitrogens with zero attached hydrogens (tertiary/aromatic N) is 2. The van der Waals surface area contributed by atoms with Crippen LogP contribution in [0.2, 0.25) is 0 Å². The summed E-state index contributed by atoms with van der Waals surface area (Å²) >= 11 is 0. The van der Waals surface area contributed by atoms with E-state index in [1.54, 1.807) is 26.1 Å². The normalized spacial score (nSPS) is 13.3. The quantitative estimate of drug-likeness (QED) is 0.525. The lowest BCUT2D eigenvalue weighted by molar-refractivity contribution is -0.137. The number of halogens is 3. The zero-order valence-corrected chi connectivity index (χ0v) is 19.2. The Bertz CT molecular complexity index is 1380. The molecule has 0 spiro atoms. The molecule has 0 unspecified atom stereocenters. The molecule has 180 valence electrons. The highest BCUT2D eigenvalue weighted by molar-refractivity contribution is 5.78. The van der Waals surface area contributed by atoms with Gasteiger partial charge in [0.2, 0.25) is 5.91 Å². The molecule has 1 amide bonds. The maximum Gasteiger partial charge on any atom is 0.417 e. The average molecular weight is 480 g/mol. The van der Waals surface area contributed by atoms with Crippen LogP contribution in [0.15, 0.2) is 47.5 Å². The van der Waals surface area contributed by atoms with Gasteiger partial charge in [0.05, 0.1) is 11.3 Å². The van der Waals surface area contributed by atoms with E-state index in [9.17, 15) is 22.8 Å². The highest BCUT2D eigenvalue weighted by Gasteiger charge is 2.34. The molecule has 1 fully saturated rings. The van der Waals surface area contributed by atoms with Crippen molar-refractivity contribution in [2.45, 2.75) is 39.4 Å². The zero-order chi connectivity index (χ0) is 25.2. The van der Waals surface area contributed by atoms with E-state index < -0.39 is 17.3 Å². The molecule has 35 heavy (non-hydrogen) atoms. The van der Waals surface area contributed by atoms with Gasteiger partial charge in [-0.1, -0.05) is 31.8 Å². The number of carbonyl (C=O) groups is 1. The maximum absolute atomic E-state index is 13.8. The van der Waals surface area contributed by atoms with Crippen LogP contribution in [-0.2, 0) is 17.5 Å². The van der Waals surface area contributed by atoms with Gasteiger partial charge < -0.3 is 10.3 Å². The van der Waals surface area contributed by atoms with E-state index in [1.807, 2.05) is 0 Å². The van der Waals surface area contributed by atoms with Gasteiger partial charge in [-0.05, 0) is 36.6 Å². The molecule has 9 heteroatoms. The highest BCUT2D eigenvalue weighted by atomic mass is 19.4. The Morgan fingerprint density at radius 2 is 1.97 bits per heavy atom. The van der Waals surface area contributed by atoms with Crippen LogP contribution in [0.5, 0.6) is 0 Å². The molecular weight excluding hydrogens is 457 g/mol. The molecule has 0 radical (unpaired) electrons. The average Bonchev–Trinajstić information content (AvgIpc) is 3.65. The molecule has 2 N–H and O–H groups in total. The highest BCUT2D eigenvalue weighted by Crippen LogP contribution is 2.36. The second-order valence-corrected chi connectivity index (χ2v) is 8.74. The van der Waals surface area contributed by atoms with Crippen LogP contribution < -0.4 is 10.9 Å². The van der Waals surface area contributed by atoms with Gasteiger partial charge >= 0.3 is 6.18 Å². The molecule has 0 aliphatic heterocycles. The number of nitrogens with one attached hydrogen (secondary N) is 2. The number of carbonyl (C=O) groups excluding carboxylic acids is 1. The number of rotatable bonds is 5. The minimum absolute atomic E-state index is 0.0394. The molecular formula is C26H23F3N4O2. The van der Waals surface area contributed by atoms with Crippen molar-refractivity contribution in [3.8, 4) is 34.5 Å². The Hall–Kier alpha value is -3.93. The van der Waals surface area contributed by atoms with Gasteiger partial charge in [0.25, 0.3) is 5.56 Å². The number of aromatic nitrogens is 3. The van der Waals surface area contributed by atoms with Crippen LogP contribution in [0.4, 0.5) is 13.2 Å². The number of hydrogen-bond donors (Lipinski definition) is 2. The second-order valence-electron chi connectivity index (χ2n) is 8.74. The summed E-state index contributed by atoms with van der Waals surface area (Å²) in [6.45, 7) is 3.47. The lowest BCUT2D eigenvalue weighted by Crippen LogP contribution is -2.27. The summed E-state index contributed by atoms with van der Waals surface area (Å²) in [5.74, 6) is 5.83. The van der Waals surface area contributed by atoms with Crippen LogP contribution in [0.25, 0.3) is 22.6 Å². The largest absolute Gasteiger partial charge is 0.417 e. The van der Waals surface area contributed by atoms with Gasteiger partial charge in [0.1, 0.15) is 5.82 Å². The van der Waals surface area contributed by atoms with E-state index in [0.717, 1.165) is 18.9 Å². The van der Waals surface area contributed by atoms with Gasteiger partial charge in [0.15, 0.2) is 0 Å². The third-order valence-corrected chi connectivity index (χ3v) is 5.41. The van der Waals surface area contributed by atoms with Crippen LogP contribution in [-0.4, -0.2) is 20.9 Å². The maximum atomic E-state index is 13.8. The van der Waals surface area contributed by atoms with Crippen molar-refractivity contribution in [2.24, 2.45) is 11.8 Å². The first-order chi connectivity index (χ1) is 16.6. The summed E-state index contributed by atoms with van der Waals surface area (Å²) in [6.07, 6.45) is 0.533. The van der Waals surface area contributed by atoms with E-state index in [0.29, 0.717) is 22.6 Å². The van der Waals surface area contributed by atoms with Crippen molar-refractivity contribution in [1.29, 1.82) is 0 Å². The molecule has 1 aliphatic rings. The number of benzene rings is 1. The summed E-state index contributed by atoms with van der Waals surface area (Å²) in [7, 11) is 0. The number of aromatic amines is 1. The number of alkyl halides is 3. The Morgan fingerprint density at radius 3 is 2.66 bits per heavy atom. The molecule has 3 aromatic rings. The fraction of sp³-hybridized carbons (Fsp3) is 0.308. The first-order valence-electron chi connectivity index (χ1n) is 11.2. The summed E-state index contributed by atoms with van der Waals surface area (Å²) in [5.41, 5.74) is -0.117. The van der Waals surface area contributed by atoms with Crippen molar-refractivity contribution < 1.29 is 18.0 Å². The van der Waals surface area contributed by atoms with E-state index >= 15 is 0 Å². The van der Waals surface area contributed by atoms with Crippen molar-refractivity contribution in [3.05, 3.63) is 69.8 Å². The summed E-state index contributed by atoms with van der Waals surface area (Å²) in [6, 6.07) is 6.41. The minimum atomic E-state index is -4.68. The molecule has 2 aromatic heterocycles. The molecule has 6 nitrogen and oxygen atoms in total. The van der Waals surface area contributed by atoms with Crippen LogP contribution in [0.1, 0.15) is 43.4 Å². The second kappa shape index (κ2) is 9.74. The fourth-order valence-electron chi connectivity index (χ4n) is 3.33. The Labute approximate surface area is 200 Å². The molecule has 0 atom stereocenters. The Kier molecular flexibility index (Phi) is 6.74. The summed E-state index contributed by atoms with van der Waals surface area (Å²) in [4.78, 5) is 35.2. The number of hydrogen-bond acceptors (Lipinski definition) is 4.